The molecular formula is C23H22N6O4. The monoisotopic (exact) mass is 446 g/mol. The number of aryl methyl sites for hydroxylation is 1. The van der Waals surface area contributed by atoms with Gasteiger partial charge in [0.25, 0.3) is 5.69 Å². The third kappa shape index (κ3) is 4.10. The van der Waals surface area contributed by atoms with Crippen molar-refractivity contribution in [2.45, 2.75) is 19.8 Å². The van der Waals surface area contributed by atoms with Crippen molar-refractivity contribution in [3.05, 3.63) is 92.9 Å². The van der Waals surface area contributed by atoms with Crippen molar-refractivity contribution in [3.63, 3.8) is 0 Å². The first kappa shape index (κ1) is 21.9. The Bertz CT molecular complexity index is 1280. The second-order valence-electron chi connectivity index (χ2n) is 7.45. The van der Waals surface area contributed by atoms with E-state index in [0.29, 0.717) is 33.9 Å². The highest BCUT2D eigenvalue weighted by Crippen LogP contribution is 2.45. The van der Waals surface area contributed by atoms with Crippen molar-refractivity contribution in [1.29, 1.82) is 0 Å². The van der Waals surface area contributed by atoms with Crippen molar-refractivity contribution >= 4 is 22.9 Å². The molecule has 1 atom stereocenters. The van der Waals surface area contributed by atoms with E-state index in [9.17, 15) is 14.9 Å². The van der Waals surface area contributed by atoms with Gasteiger partial charge in [-0.25, -0.2) is 9.48 Å². The number of non-ortho nitro benzene ring substituents is 1. The molecule has 0 spiro atoms. The summed E-state index contributed by atoms with van der Waals surface area (Å²) in [6.07, 6.45) is 0. The molecule has 168 valence electrons. The zero-order chi connectivity index (χ0) is 23.5. The van der Waals surface area contributed by atoms with Gasteiger partial charge in [-0.15, -0.1) is 5.10 Å². The summed E-state index contributed by atoms with van der Waals surface area (Å²) in [5.74, 6) is -0.795. The number of aromatic nitrogens is 4. The second-order valence-corrected chi connectivity index (χ2v) is 7.45. The van der Waals surface area contributed by atoms with Crippen LogP contribution < -0.4 is 5.32 Å². The van der Waals surface area contributed by atoms with Crippen LogP contribution >= 0.6 is 0 Å². The Labute approximate surface area is 189 Å². The number of carbonyl (C=O) groups is 1. The van der Waals surface area contributed by atoms with Crippen LogP contribution in [0, 0.1) is 10.1 Å². The Morgan fingerprint density at radius 1 is 1.21 bits per heavy atom. The van der Waals surface area contributed by atoms with E-state index in [-0.39, 0.29) is 12.3 Å². The first-order chi connectivity index (χ1) is 15.9. The van der Waals surface area contributed by atoms with Gasteiger partial charge in [0.05, 0.1) is 22.8 Å². The minimum Gasteiger partial charge on any atom is -0.463 e. The zero-order valence-corrected chi connectivity index (χ0v) is 18.3. The smallest absolute Gasteiger partial charge is 0.336 e. The van der Waals surface area contributed by atoms with Crippen LogP contribution in [0.3, 0.4) is 0 Å². The van der Waals surface area contributed by atoms with Crippen molar-refractivity contribution in [3.8, 4) is 0 Å². The van der Waals surface area contributed by atoms with Gasteiger partial charge in [0.2, 0.25) is 0 Å². The lowest BCUT2D eigenvalue weighted by atomic mass is 9.78. The summed E-state index contributed by atoms with van der Waals surface area (Å²) in [5, 5.41) is 26.8. The number of dihydropyridines is 1. The van der Waals surface area contributed by atoms with Gasteiger partial charge in [0, 0.05) is 36.4 Å². The van der Waals surface area contributed by atoms with E-state index >= 15 is 0 Å². The minimum absolute atomic E-state index is 0.0800. The SMILES string of the molecule is CCOC(=O)C1=C(C)NC(c2ccccc2)=C(c2nnnn2C)C1c1cccc([N+](=O)[O-])c1. The predicted octanol–water partition coefficient (Wildman–Crippen LogP) is 3.21. The summed E-state index contributed by atoms with van der Waals surface area (Å²) >= 11 is 0. The molecule has 0 radical (unpaired) electrons. The van der Waals surface area contributed by atoms with Gasteiger partial charge in [0.15, 0.2) is 5.82 Å². The number of rotatable bonds is 6. The fraction of sp³-hybridized carbons (Fsp3) is 0.217. The molecule has 0 saturated heterocycles. The molecule has 0 fully saturated rings. The standard InChI is InChI=1S/C23H22N6O4/c1-4-33-23(30)18-14(2)24-21(15-9-6-5-7-10-15)20(22-25-26-27-28(22)3)19(18)16-11-8-12-17(13-16)29(31)32/h5-13,19,24H,4H2,1-3H3. The molecule has 10 heteroatoms. The maximum absolute atomic E-state index is 13.1. The molecule has 1 aliphatic rings. The summed E-state index contributed by atoms with van der Waals surface area (Å²) in [7, 11) is 1.70. The molecule has 2 heterocycles. The number of nitrogens with zero attached hydrogens (tertiary/aromatic N) is 5. The molecule has 0 bridgehead atoms. The van der Waals surface area contributed by atoms with E-state index < -0.39 is 16.8 Å². The fourth-order valence-corrected chi connectivity index (χ4v) is 3.99. The largest absolute Gasteiger partial charge is 0.463 e. The molecule has 0 amide bonds. The average Bonchev–Trinajstić information content (AvgIpc) is 3.24. The average molecular weight is 446 g/mol. The van der Waals surface area contributed by atoms with Crippen LogP contribution in [0.5, 0.6) is 0 Å². The molecule has 0 aliphatic carbocycles. The third-order valence-electron chi connectivity index (χ3n) is 5.40. The summed E-state index contributed by atoms with van der Waals surface area (Å²) in [4.78, 5) is 24.2. The maximum atomic E-state index is 13.1. The number of hydrogen-bond donors (Lipinski definition) is 1. The number of ether oxygens (including phenoxy) is 1. The number of allylic oxidation sites excluding steroid dienone is 2. The number of hydrogen-bond acceptors (Lipinski definition) is 8. The highest BCUT2D eigenvalue weighted by atomic mass is 16.6. The molecular weight excluding hydrogens is 424 g/mol. The first-order valence-electron chi connectivity index (χ1n) is 10.3. The van der Waals surface area contributed by atoms with Gasteiger partial charge in [-0.05, 0) is 35.4 Å². The molecule has 1 aliphatic heterocycles. The molecule has 0 saturated carbocycles. The Hall–Kier alpha value is -4.34. The van der Waals surface area contributed by atoms with Crippen molar-refractivity contribution in [1.82, 2.24) is 25.5 Å². The first-order valence-corrected chi connectivity index (χ1v) is 10.3. The lowest BCUT2D eigenvalue weighted by Crippen LogP contribution is -2.29. The lowest BCUT2D eigenvalue weighted by molar-refractivity contribution is -0.384. The van der Waals surface area contributed by atoms with Crippen LogP contribution in [0.2, 0.25) is 0 Å². The van der Waals surface area contributed by atoms with Crippen LogP contribution in [0.15, 0.2) is 65.9 Å². The van der Waals surface area contributed by atoms with E-state index in [1.807, 2.05) is 30.3 Å². The van der Waals surface area contributed by atoms with E-state index in [4.69, 9.17) is 4.74 Å². The quantitative estimate of drug-likeness (QED) is 0.348. The van der Waals surface area contributed by atoms with E-state index in [1.54, 1.807) is 33.0 Å². The topological polar surface area (TPSA) is 125 Å². The van der Waals surface area contributed by atoms with Gasteiger partial charge in [-0.2, -0.15) is 0 Å². The Morgan fingerprint density at radius 2 is 1.97 bits per heavy atom. The van der Waals surface area contributed by atoms with Crippen molar-refractivity contribution in [2.24, 2.45) is 7.05 Å². The minimum atomic E-state index is -0.704. The zero-order valence-electron chi connectivity index (χ0n) is 18.3. The number of nitro groups is 1. The molecule has 1 N–H and O–H groups in total. The third-order valence-corrected chi connectivity index (χ3v) is 5.40. The number of tetrazole rings is 1. The van der Waals surface area contributed by atoms with Crippen LogP contribution in [0.25, 0.3) is 11.3 Å². The maximum Gasteiger partial charge on any atom is 0.336 e. The predicted molar refractivity (Wildman–Crippen MR) is 120 cm³/mol. The van der Waals surface area contributed by atoms with Crippen molar-refractivity contribution in [2.75, 3.05) is 6.61 Å². The van der Waals surface area contributed by atoms with Gasteiger partial charge in [-0.1, -0.05) is 42.5 Å². The summed E-state index contributed by atoms with van der Waals surface area (Å²) in [5.41, 5.74) is 3.58. The number of nitrogens with one attached hydrogen (secondary N) is 1. The van der Waals surface area contributed by atoms with Gasteiger partial charge >= 0.3 is 5.97 Å². The molecule has 10 nitrogen and oxygen atoms in total. The molecule has 33 heavy (non-hydrogen) atoms. The van der Waals surface area contributed by atoms with Crippen LogP contribution in [0.1, 0.15) is 36.7 Å². The molecule has 2 aromatic carbocycles. The summed E-state index contributed by atoms with van der Waals surface area (Å²) in [6, 6.07) is 15.8. The summed E-state index contributed by atoms with van der Waals surface area (Å²) in [6.45, 7) is 3.70. The number of carbonyl (C=O) groups excluding carboxylic acids is 1. The Balaban J connectivity index is 2.05. The number of esters is 1. The van der Waals surface area contributed by atoms with E-state index in [1.165, 1.54) is 16.8 Å². The van der Waals surface area contributed by atoms with Crippen molar-refractivity contribution < 1.29 is 14.5 Å². The lowest BCUT2D eigenvalue weighted by Gasteiger charge is -2.32. The normalized spacial score (nSPS) is 15.9. The van der Waals surface area contributed by atoms with Crippen LogP contribution in [-0.2, 0) is 16.6 Å². The molecule has 3 aromatic rings. The van der Waals surface area contributed by atoms with Gasteiger partial charge in [0.1, 0.15) is 0 Å². The van der Waals surface area contributed by atoms with E-state index in [2.05, 4.69) is 20.8 Å². The summed E-state index contributed by atoms with van der Waals surface area (Å²) < 4.78 is 6.87. The van der Waals surface area contributed by atoms with Gasteiger partial charge in [-0.3, -0.25) is 10.1 Å². The van der Waals surface area contributed by atoms with Gasteiger partial charge < -0.3 is 10.1 Å². The molecule has 1 unspecified atom stereocenters. The molecule has 4 rings (SSSR count). The highest BCUT2D eigenvalue weighted by molar-refractivity contribution is 6.03. The second kappa shape index (κ2) is 9.03. The van der Waals surface area contributed by atoms with E-state index in [0.717, 1.165) is 5.56 Å². The highest BCUT2D eigenvalue weighted by Gasteiger charge is 2.38. The van der Waals surface area contributed by atoms with Crippen LogP contribution in [-0.4, -0.2) is 37.7 Å². The number of benzene rings is 2. The van der Waals surface area contributed by atoms with Crippen LogP contribution in [0.4, 0.5) is 5.69 Å². The Kier molecular flexibility index (Phi) is 5.99. The fourth-order valence-electron chi connectivity index (χ4n) is 3.99. The number of nitro benzene ring substituents is 1. The molecule has 1 aromatic heterocycles. The Morgan fingerprint density at radius 3 is 2.61 bits per heavy atom.